The van der Waals surface area contributed by atoms with Crippen LogP contribution in [-0.4, -0.2) is 31.1 Å². The molecule has 1 fully saturated rings. The third-order valence-corrected chi connectivity index (χ3v) is 5.32. The van der Waals surface area contributed by atoms with Crippen LogP contribution in [0.3, 0.4) is 0 Å². The van der Waals surface area contributed by atoms with E-state index in [0.29, 0.717) is 27.1 Å². The molecule has 2 aromatic rings. The molecule has 1 saturated heterocycles. The SMILES string of the molecule is COc1ccc([C@@]2(C)NC(=O)N(Cc3ccc(F)cc3Br)C2=O)cc1OC. The topological polar surface area (TPSA) is 67.9 Å². The van der Waals surface area contributed by atoms with Gasteiger partial charge in [-0.25, -0.2) is 9.18 Å². The van der Waals surface area contributed by atoms with E-state index in [0.717, 1.165) is 4.90 Å². The number of imide groups is 1. The summed E-state index contributed by atoms with van der Waals surface area (Å²) in [6.07, 6.45) is 0. The minimum atomic E-state index is -1.25. The molecule has 1 atom stereocenters. The molecule has 0 aromatic heterocycles. The van der Waals surface area contributed by atoms with E-state index < -0.39 is 23.3 Å². The third kappa shape index (κ3) is 3.37. The van der Waals surface area contributed by atoms with Gasteiger partial charge in [0.1, 0.15) is 11.4 Å². The Balaban J connectivity index is 1.92. The van der Waals surface area contributed by atoms with Crippen molar-refractivity contribution in [1.29, 1.82) is 0 Å². The lowest BCUT2D eigenvalue weighted by molar-refractivity contribution is -0.131. The Bertz CT molecular complexity index is 921. The summed E-state index contributed by atoms with van der Waals surface area (Å²) in [6, 6.07) is 8.64. The van der Waals surface area contributed by atoms with Gasteiger partial charge >= 0.3 is 6.03 Å². The average Bonchev–Trinajstić information content (AvgIpc) is 2.87. The summed E-state index contributed by atoms with van der Waals surface area (Å²) in [7, 11) is 3.02. The molecule has 3 rings (SSSR count). The molecule has 1 aliphatic rings. The number of carbonyl (C=O) groups is 2. The van der Waals surface area contributed by atoms with Crippen LogP contribution in [-0.2, 0) is 16.9 Å². The zero-order valence-electron chi connectivity index (χ0n) is 15.0. The van der Waals surface area contributed by atoms with Gasteiger partial charge in [0.2, 0.25) is 0 Å². The van der Waals surface area contributed by atoms with Gasteiger partial charge in [-0.05, 0) is 42.3 Å². The Kier molecular flexibility index (Phi) is 5.10. The van der Waals surface area contributed by atoms with Gasteiger partial charge in [-0.2, -0.15) is 0 Å². The first kappa shape index (κ1) is 19.2. The number of rotatable bonds is 5. The number of benzene rings is 2. The van der Waals surface area contributed by atoms with Crippen molar-refractivity contribution in [3.05, 3.63) is 57.8 Å². The number of amides is 3. The Morgan fingerprint density at radius 2 is 1.81 bits per heavy atom. The zero-order chi connectivity index (χ0) is 19.8. The molecule has 27 heavy (non-hydrogen) atoms. The molecule has 0 bridgehead atoms. The van der Waals surface area contributed by atoms with Gasteiger partial charge in [-0.1, -0.05) is 28.1 Å². The van der Waals surface area contributed by atoms with E-state index in [1.54, 1.807) is 25.1 Å². The number of urea groups is 1. The molecular weight excluding hydrogens is 419 g/mol. The van der Waals surface area contributed by atoms with E-state index in [4.69, 9.17) is 9.47 Å². The highest BCUT2D eigenvalue weighted by atomic mass is 79.9. The first-order chi connectivity index (χ1) is 12.8. The van der Waals surface area contributed by atoms with E-state index in [1.807, 2.05) is 0 Å². The molecular formula is C19H18BrFN2O4. The van der Waals surface area contributed by atoms with Crippen molar-refractivity contribution in [2.45, 2.75) is 19.0 Å². The lowest BCUT2D eigenvalue weighted by Crippen LogP contribution is -2.40. The summed E-state index contributed by atoms with van der Waals surface area (Å²) in [4.78, 5) is 26.6. The Hall–Kier alpha value is -2.61. The standard InChI is InChI=1S/C19H18BrFN2O4/c1-19(12-5-7-15(26-2)16(8-12)27-3)17(24)23(18(25)22-19)10-11-4-6-13(21)9-14(11)20/h4-9H,10H2,1-3H3,(H,22,25)/t19-/m1/s1. The number of carbonyl (C=O) groups excluding carboxylic acids is 2. The highest BCUT2D eigenvalue weighted by Crippen LogP contribution is 2.36. The molecule has 6 nitrogen and oxygen atoms in total. The first-order valence-electron chi connectivity index (χ1n) is 8.10. The van der Waals surface area contributed by atoms with Crippen LogP contribution in [0.2, 0.25) is 0 Å². The summed E-state index contributed by atoms with van der Waals surface area (Å²) in [5, 5.41) is 2.74. The maximum Gasteiger partial charge on any atom is 0.325 e. The lowest BCUT2D eigenvalue weighted by atomic mass is 9.91. The average molecular weight is 437 g/mol. The molecule has 3 amide bonds. The van der Waals surface area contributed by atoms with Crippen LogP contribution in [0, 0.1) is 5.82 Å². The fourth-order valence-electron chi connectivity index (χ4n) is 3.00. The van der Waals surface area contributed by atoms with Crippen molar-refractivity contribution >= 4 is 27.9 Å². The number of ether oxygens (including phenoxy) is 2. The molecule has 0 aliphatic carbocycles. The number of halogens is 2. The first-order valence-corrected chi connectivity index (χ1v) is 8.90. The van der Waals surface area contributed by atoms with Crippen molar-refractivity contribution in [3.63, 3.8) is 0 Å². The molecule has 0 saturated carbocycles. The van der Waals surface area contributed by atoms with Crippen LogP contribution in [0.5, 0.6) is 11.5 Å². The number of methoxy groups -OCH3 is 2. The van der Waals surface area contributed by atoms with Crippen molar-refractivity contribution < 1.29 is 23.5 Å². The largest absolute Gasteiger partial charge is 0.493 e. The maximum atomic E-state index is 13.3. The molecule has 0 radical (unpaired) electrons. The summed E-state index contributed by atoms with van der Waals surface area (Å²) in [5.41, 5.74) is -0.0565. The zero-order valence-corrected chi connectivity index (χ0v) is 16.6. The number of nitrogens with zero attached hydrogens (tertiary/aromatic N) is 1. The van der Waals surface area contributed by atoms with Crippen LogP contribution in [0.4, 0.5) is 9.18 Å². The second kappa shape index (κ2) is 7.19. The highest BCUT2D eigenvalue weighted by Gasteiger charge is 2.49. The van der Waals surface area contributed by atoms with Crippen LogP contribution < -0.4 is 14.8 Å². The predicted octanol–water partition coefficient (Wildman–Crippen LogP) is 3.57. The van der Waals surface area contributed by atoms with Crippen molar-refractivity contribution in [2.75, 3.05) is 14.2 Å². The summed E-state index contributed by atoms with van der Waals surface area (Å²) >= 11 is 3.26. The van der Waals surface area contributed by atoms with E-state index in [-0.39, 0.29) is 6.54 Å². The van der Waals surface area contributed by atoms with Crippen LogP contribution in [0.1, 0.15) is 18.1 Å². The fraction of sp³-hybridized carbons (Fsp3) is 0.263. The minimum Gasteiger partial charge on any atom is -0.493 e. The van der Waals surface area contributed by atoms with Gasteiger partial charge in [0.15, 0.2) is 11.5 Å². The smallest absolute Gasteiger partial charge is 0.325 e. The second-order valence-corrected chi connectivity index (χ2v) is 7.11. The molecule has 1 heterocycles. The van der Waals surface area contributed by atoms with Gasteiger partial charge in [0.05, 0.1) is 20.8 Å². The quantitative estimate of drug-likeness (QED) is 0.727. The van der Waals surface area contributed by atoms with E-state index in [1.165, 1.54) is 32.4 Å². The molecule has 0 unspecified atom stereocenters. The molecule has 1 aliphatic heterocycles. The van der Waals surface area contributed by atoms with E-state index in [9.17, 15) is 14.0 Å². The fourth-order valence-corrected chi connectivity index (χ4v) is 3.48. The minimum absolute atomic E-state index is 0.0222. The van der Waals surface area contributed by atoms with Gasteiger partial charge in [-0.3, -0.25) is 9.69 Å². The van der Waals surface area contributed by atoms with Gasteiger partial charge < -0.3 is 14.8 Å². The summed E-state index contributed by atoms with van der Waals surface area (Å²) < 4.78 is 24.3. The van der Waals surface area contributed by atoms with Crippen LogP contribution in [0.25, 0.3) is 0 Å². The lowest BCUT2D eigenvalue weighted by Gasteiger charge is -2.23. The maximum absolute atomic E-state index is 13.3. The molecule has 2 aromatic carbocycles. The predicted molar refractivity (Wildman–Crippen MR) is 100 cm³/mol. The number of nitrogens with one attached hydrogen (secondary N) is 1. The van der Waals surface area contributed by atoms with Crippen LogP contribution in [0.15, 0.2) is 40.9 Å². The van der Waals surface area contributed by atoms with Crippen molar-refractivity contribution in [1.82, 2.24) is 10.2 Å². The molecule has 142 valence electrons. The highest BCUT2D eigenvalue weighted by molar-refractivity contribution is 9.10. The Labute approximate surface area is 164 Å². The van der Waals surface area contributed by atoms with Crippen molar-refractivity contribution in [2.24, 2.45) is 0 Å². The van der Waals surface area contributed by atoms with Gasteiger partial charge in [0, 0.05) is 4.47 Å². The second-order valence-electron chi connectivity index (χ2n) is 6.25. The van der Waals surface area contributed by atoms with E-state index in [2.05, 4.69) is 21.2 Å². The van der Waals surface area contributed by atoms with E-state index >= 15 is 0 Å². The van der Waals surface area contributed by atoms with Crippen LogP contribution >= 0.6 is 15.9 Å². The number of hydrogen-bond acceptors (Lipinski definition) is 4. The normalized spacial score (nSPS) is 19.2. The summed E-state index contributed by atoms with van der Waals surface area (Å²) in [5.74, 6) is 0.167. The number of hydrogen-bond donors (Lipinski definition) is 1. The van der Waals surface area contributed by atoms with Gasteiger partial charge in [0.25, 0.3) is 5.91 Å². The Morgan fingerprint density at radius 1 is 1.11 bits per heavy atom. The monoisotopic (exact) mass is 436 g/mol. The van der Waals surface area contributed by atoms with Crippen molar-refractivity contribution in [3.8, 4) is 11.5 Å². The molecule has 1 N–H and O–H groups in total. The third-order valence-electron chi connectivity index (χ3n) is 4.58. The van der Waals surface area contributed by atoms with Gasteiger partial charge in [-0.15, -0.1) is 0 Å². The summed E-state index contributed by atoms with van der Waals surface area (Å²) in [6.45, 7) is 1.66. The Morgan fingerprint density at radius 3 is 2.44 bits per heavy atom. The molecule has 0 spiro atoms. The molecule has 8 heteroatoms.